The lowest BCUT2D eigenvalue weighted by molar-refractivity contribution is 0.201. The zero-order chi connectivity index (χ0) is 16.2. The van der Waals surface area contributed by atoms with Crippen molar-refractivity contribution in [1.29, 1.82) is 0 Å². The fourth-order valence-corrected chi connectivity index (χ4v) is 2.99. The third kappa shape index (κ3) is 3.48. The molecule has 0 amide bonds. The Labute approximate surface area is 138 Å². The van der Waals surface area contributed by atoms with Gasteiger partial charge in [0, 0.05) is 31.3 Å². The van der Waals surface area contributed by atoms with Gasteiger partial charge in [0.2, 0.25) is 5.13 Å². The summed E-state index contributed by atoms with van der Waals surface area (Å²) in [5.74, 6) is 2.01. The molecular formula is C15H20N6OS. The van der Waals surface area contributed by atoms with Crippen LogP contribution < -0.4 is 5.32 Å². The summed E-state index contributed by atoms with van der Waals surface area (Å²) in [5.41, 5.74) is 0.841. The van der Waals surface area contributed by atoms with Crippen molar-refractivity contribution in [3.8, 4) is 0 Å². The molecule has 0 bridgehead atoms. The van der Waals surface area contributed by atoms with Gasteiger partial charge in [-0.05, 0) is 18.1 Å². The van der Waals surface area contributed by atoms with E-state index in [4.69, 9.17) is 4.74 Å². The number of nitrogens with zero attached hydrogens (tertiary/aromatic N) is 5. The minimum atomic E-state index is 0.00984. The summed E-state index contributed by atoms with van der Waals surface area (Å²) in [5, 5.41) is 12.8. The molecule has 23 heavy (non-hydrogen) atoms. The molecule has 7 nitrogen and oxygen atoms in total. The number of fused-ring (bicyclic) bond motifs is 1. The summed E-state index contributed by atoms with van der Waals surface area (Å²) < 4.78 is 11.4. The van der Waals surface area contributed by atoms with Gasteiger partial charge in [-0.3, -0.25) is 4.40 Å². The maximum atomic E-state index is 5.06. The van der Waals surface area contributed by atoms with Crippen LogP contribution in [0, 0.1) is 5.92 Å². The Morgan fingerprint density at radius 1 is 1.30 bits per heavy atom. The smallest absolute Gasteiger partial charge is 0.203 e. The van der Waals surface area contributed by atoms with E-state index in [1.165, 1.54) is 11.5 Å². The maximum Gasteiger partial charge on any atom is 0.203 e. The first-order chi connectivity index (χ1) is 11.2. The van der Waals surface area contributed by atoms with E-state index in [0.29, 0.717) is 12.5 Å². The highest BCUT2D eigenvalue weighted by molar-refractivity contribution is 7.09. The van der Waals surface area contributed by atoms with Gasteiger partial charge < -0.3 is 10.1 Å². The van der Waals surface area contributed by atoms with Gasteiger partial charge in [0.1, 0.15) is 5.82 Å². The van der Waals surface area contributed by atoms with Crippen LogP contribution in [0.2, 0.25) is 0 Å². The average Bonchev–Trinajstić information content (AvgIpc) is 3.17. The molecule has 3 aromatic heterocycles. The van der Waals surface area contributed by atoms with Gasteiger partial charge in [-0.2, -0.15) is 4.37 Å². The summed E-state index contributed by atoms with van der Waals surface area (Å²) >= 11 is 1.36. The molecule has 1 N–H and O–H groups in total. The lowest BCUT2D eigenvalue weighted by Gasteiger charge is -2.20. The van der Waals surface area contributed by atoms with E-state index in [0.717, 1.165) is 28.8 Å². The Morgan fingerprint density at radius 3 is 2.96 bits per heavy atom. The number of ether oxygens (including phenoxy) is 1. The van der Waals surface area contributed by atoms with Crippen molar-refractivity contribution in [1.82, 2.24) is 24.0 Å². The summed E-state index contributed by atoms with van der Waals surface area (Å²) in [4.78, 5) is 4.52. The highest BCUT2D eigenvalue weighted by Crippen LogP contribution is 2.26. The van der Waals surface area contributed by atoms with Crippen molar-refractivity contribution in [2.24, 2.45) is 5.92 Å². The highest BCUT2D eigenvalue weighted by Gasteiger charge is 2.22. The molecule has 1 unspecified atom stereocenters. The molecule has 0 aliphatic rings. The first-order valence-corrected chi connectivity index (χ1v) is 8.34. The molecule has 1 atom stereocenters. The van der Waals surface area contributed by atoms with Crippen LogP contribution in [-0.2, 0) is 11.2 Å². The van der Waals surface area contributed by atoms with Gasteiger partial charge in [0.25, 0.3) is 0 Å². The van der Waals surface area contributed by atoms with Crippen LogP contribution in [0.1, 0.15) is 31.5 Å². The number of rotatable bonds is 7. The van der Waals surface area contributed by atoms with Crippen LogP contribution in [-0.4, -0.2) is 37.7 Å². The number of anilines is 1. The molecule has 0 aliphatic heterocycles. The van der Waals surface area contributed by atoms with Gasteiger partial charge >= 0.3 is 0 Å². The molecule has 3 rings (SSSR count). The molecule has 8 heteroatoms. The molecule has 0 saturated carbocycles. The normalized spacial score (nSPS) is 12.9. The van der Waals surface area contributed by atoms with Crippen molar-refractivity contribution >= 4 is 22.3 Å². The second-order valence-electron chi connectivity index (χ2n) is 5.61. The predicted molar refractivity (Wildman–Crippen MR) is 89.7 cm³/mol. The maximum absolute atomic E-state index is 5.06. The fraction of sp³-hybridized carbons (Fsp3) is 0.467. The summed E-state index contributed by atoms with van der Waals surface area (Å²) in [6, 6.07) is 5.89. The Kier molecular flexibility index (Phi) is 4.82. The fourth-order valence-electron chi connectivity index (χ4n) is 2.34. The topological polar surface area (TPSA) is 77.2 Å². The zero-order valence-electron chi connectivity index (χ0n) is 13.4. The second kappa shape index (κ2) is 7.01. The molecule has 0 saturated heterocycles. The molecule has 3 aromatic rings. The number of hydrogen-bond acceptors (Lipinski definition) is 7. The monoisotopic (exact) mass is 332 g/mol. The quantitative estimate of drug-likeness (QED) is 0.716. The molecule has 0 aliphatic carbocycles. The van der Waals surface area contributed by atoms with Crippen LogP contribution in [0.25, 0.3) is 5.65 Å². The van der Waals surface area contributed by atoms with E-state index in [9.17, 15) is 0 Å². The van der Waals surface area contributed by atoms with Crippen LogP contribution in [0.4, 0.5) is 5.13 Å². The molecule has 0 radical (unpaired) electrons. The molecule has 122 valence electrons. The van der Waals surface area contributed by atoms with Gasteiger partial charge in [-0.15, -0.1) is 10.2 Å². The van der Waals surface area contributed by atoms with Crippen LogP contribution in [0.5, 0.6) is 0 Å². The lowest BCUT2D eigenvalue weighted by Crippen LogP contribution is -2.19. The Balaban J connectivity index is 1.83. The summed E-state index contributed by atoms with van der Waals surface area (Å²) in [6.07, 6.45) is 2.70. The second-order valence-corrected chi connectivity index (χ2v) is 6.36. The van der Waals surface area contributed by atoms with E-state index in [2.05, 4.69) is 38.7 Å². The standard InChI is InChI=1S/C15H20N6OS/c1-10(2)13(14-19-18-12-6-4-5-8-21(12)14)17-15-16-11(20-23-15)7-9-22-3/h4-6,8,10,13H,7,9H2,1-3H3,(H,16,17,20). The van der Waals surface area contributed by atoms with E-state index < -0.39 is 0 Å². The Bertz CT molecular complexity index is 768. The lowest BCUT2D eigenvalue weighted by atomic mass is 10.0. The van der Waals surface area contributed by atoms with E-state index in [1.807, 2.05) is 28.8 Å². The minimum absolute atomic E-state index is 0.00984. The van der Waals surface area contributed by atoms with Crippen LogP contribution in [0.15, 0.2) is 24.4 Å². The molecule has 0 spiro atoms. The zero-order valence-corrected chi connectivity index (χ0v) is 14.2. The molecular weight excluding hydrogens is 312 g/mol. The van der Waals surface area contributed by atoms with Crippen LogP contribution in [0.3, 0.4) is 0 Å². The highest BCUT2D eigenvalue weighted by atomic mass is 32.1. The minimum Gasteiger partial charge on any atom is -0.384 e. The van der Waals surface area contributed by atoms with Crippen molar-refractivity contribution in [3.63, 3.8) is 0 Å². The first kappa shape index (κ1) is 15.8. The number of hydrogen-bond donors (Lipinski definition) is 1. The van der Waals surface area contributed by atoms with Gasteiger partial charge in [-0.1, -0.05) is 19.9 Å². The SMILES string of the molecule is COCCc1nsc(NC(c2nnc3ccccn23)C(C)C)n1. The van der Waals surface area contributed by atoms with E-state index >= 15 is 0 Å². The van der Waals surface area contributed by atoms with Crippen molar-refractivity contribution in [2.45, 2.75) is 26.3 Å². The average molecular weight is 332 g/mol. The Hall–Kier alpha value is -2.06. The largest absolute Gasteiger partial charge is 0.384 e. The molecule has 0 fully saturated rings. The first-order valence-electron chi connectivity index (χ1n) is 7.56. The third-order valence-corrected chi connectivity index (χ3v) is 4.25. The number of pyridine rings is 1. The van der Waals surface area contributed by atoms with E-state index in [-0.39, 0.29) is 6.04 Å². The number of nitrogens with one attached hydrogen (secondary N) is 1. The third-order valence-electron chi connectivity index (χ3n) is 3.56. The van der Waals surface area contributed by atoms with E-state index in [1.54, 1.807) is 7.11 Å². The van der Waals surface area contributed by atoms with Gasteiger partial charge in [0.05, 0.1) is 12.6 Å². The summed E-state index contributed by atoms with van der Waals surface area (Å²) in [6.45, 7) is 4.92. The Morgan fingerprint density at radius 2 is 2.17 bits per heavy atom. The predicted octanol–water partition coefficient (Wildman–Crippen LogP) is 2.58. The van der Waals surface area contributed by atoms with Crippen LogP contribution >= 0.6 is 11.5 Å². The van der Waals surface area contributed by atoms with Gasteiger partial charge in [0.15, 0.2) is 11.5 Å². The number of aromatic nitrogens is 5. The number of methoxy groups -OCH3 is 1. The van der Waals surface area contributed by atoms with Crippen molar-refractivity contribution in [3.05, 3.63) is 36.0 Å². The van der Waals surface area contributed by atoms with Crippen molar-refractivity contribution in [2.75, 3.05) is 19.0 Å². The molecule has 0 aromatic carbocycles. The summed E-state index contributed by atoms with van der Waals surface area (Å²) in [7, 11) is 1.68. The van der Waals surface area contributed by atoms with Crippen molar-refractivity contribution < 1.29 is 4.74 Å². The molecule has 3 heterocycles. The van der Waals surface area contributed by atoms with Gasteiger partial charge in [-0.25, -0.2) is 4.98 Å².